The van der Waals surface area contributed by atoms with Gasteiger partial charge in [-0.25, -0.2) is 10.2 Å². The van der Waals surface area contributed by atoms with E-state index < -0.39 is 16.8 Å². The van der Waals surface area contributed by atoms with E-state index in [1.54, 1.807) is 31.2 Å². The molecule has 0 radical (unpaired) electrons. The van der Waals surface area contributed by atoms with Crippen LogP contribution in [0.5, 0.6) is 11.5 Å². The van der Waals surface area contributed by atoms with Gasteiger partial charge < -0.3 is 9.47 Å². The molecule has 1 N–H and O–H groups in total. The number of amides is 1. The Bertz CT molecular complexity index is 1160. The van der Waals surface area contributed by atoms with Gasteiger partial charge in [-0.15, -0.1) is 0 Å². The number of nitro benzene ring substituents is 1. The van der Waals surface area contributed by atoms with Crippen molar-refractivity contribution in [2.24, 2.45) is 5.10 Å². The van der Waals surface area contributed by atoms with Gasteiger partial charge in [0.05, 0.1) is 23.3 Å². The largest absolute Gasteiger partial charge is 0.490 e. The molecule has 0 fully saturated rings. The van der Waals surface area contributed by atoms with E-state index in [1.165, 1.54) is 42.9 Å². The fraction of sp³-hybridized carbons (Fsp3) is 0.0909. The van der Waals surface area contributed by atoms with E-state index in [1.807, 2.05) is 0 Å². The minimum Gasteiger partial charge on any atom is -0.490 e. The van der Waals surface area contributed by atoms with Crippen molar-refractivity contribution in [2.45, 2.75) is 6.92 Å². The number of carbonyl (C=O) groups excluding carboxylic acids is 2. The zero-order valence-corrected chi connectivity index (χ0v) is 16.9. The summed E-state index contributed by atoms with van der Waals surface area (Å²) in [5.74, 6) is -0.742. The summed E-state index contributed by atoms with van der Waals surface area (Å²) in [7, 11) is 0. The summed E-state index contributed by atoms with van der Waals surface area (Å²) in [6, 6.07) is 13.1. The van der Waals surface area contributed by atoms with E-state index in [4.69, 9.17) is 9.47 Å². The van der Waals surface area contributed by atoms with Gasteiger partial charge >= 0.3 is 5.97 Å². The summed E-state index contributed by atoms with van der Waals surface area (Å²) < 4.78 is 10.9. The molecule has 0 saturated heterocycles. The Kier molecular flexibility index (Phi) is 7.20. The van der Waals surface area contributed by atoms with Crippen LogP contribution in [0.4, 0.5) is 5.69 Å². The molecule has 1 amide bonds. The Morgan fingerprint density at radius 3 is 2.59 bits per heavy atom. The number of esters is 1. The highest BCUT2D eigenvalue weighted by Crippen LogP contribution is 2.29. The fourth-order valence-electron chi connectivity index (χ4n) is 2.60. The van der Waals surface area contributed by atoms with Crippen LogP contribution in [-0.4, -0.2) is 34.6 Å². The molecule has 1 heterocycles. The second-order valence-electron chi connectivity index (χ2n) is 6.27. The lowest BCUT2D eigenvalue weighted by Crippen LogP contribution is -2.17. The minimum atomic E-state index is -0.763. The van der Waals surface area contributed by atoms with Crippen LogP contribution in [0.25, 0.3) is 0 Å². The van der Waals surface area contributed by atoms with Crippen LogP contribution in [0.2, 0.25) is 0 Å². The van der Waals surface area contributed by atoms with E-state index in [-0.39, 0.29) is 22.7 Å². The van der Waals surface area contributed by atoms with Gasteiger partial charge in [0.15, 0.2) is 11.5 Å². The van der Waals surface area contributed by atoms with Crippen molar-refractivity contribution in [3.63, 3.8) is 0 Å². The average molecular weight is 434 g/mol. The first-order valence-corrected chi connectivity index (χ1v) is 9.45. The fourth-order valence-corrected chi connectivity index (χ4v) is 2.60. The van der Waals surface area contributed by atoms with Crippen molar-refractivity contribution in [3.05, 3.63) is 93.8 Å². The molecule has 0 spiro atoms. The average Bonchev–Trinajstić information content (AvgIpc) is 2.81. The normalized spacial score (nSPS) is 10.5. The first-order chi connectivity index (χ1) is 15.5. The van der Waals surface area contributed by atoms with Gasteiger partial charge in [0.1, 0.15) is 0 Å². The van der Waals surface area contributed by atoms with Gasteiger partial charge in [0.25, 0.3) is 11.6 Å². The molecule has 0 atom stereocenters. The van der Waals surface area contributed by atoms with E-state index in [0.717, 1.165) is 6.07 Å². The number of aromatic nitrogens is 1. The number of pyridine rings is 1. The zero-order chi connectivity index (χ0) is 22.9. The molecule has 1 aromatic heterocycles. The molecule has 0 saturated carbocycles. The summed E-state index contributed by atoms with van der Waals surface area (Å²) in [6.45, 7) is 2.07. The number of nitrogens with zero attached hydrogens (tertiary/aromatic N) is 3. The molecule has 10 heteroatoms. The second kappa shape index (κ2) is 10.4. The highest BCUT2D eigenvalue weighted by atomic mass is 16.6. The number of non-ortho nitro benzene ring substituents is 1. The first kappa shape index (κ1) is 22.1. The van der Waals surface area contributed by atoms with Crippen molar-refractivity contribution < 1.29 is 24.0 Å². The van der Waals surface area contributed by atoms with Gasteiger partial charge in [0, 0.05) is 30.1 Å². The number of nitrogens with one attached hydrogen (secondary N) is 1. The molecule has 162 valence electrons. The second-order valence-corrected chi connectivity index (χ2v) is 6.27. The SMILES string of the molecule is CCOc1cc(/C=N\NC(=O)c2ccncc2)ccc1OC(=O)c1cccc([N+](=O)[O-])c1. The van der Waals surface area contributed by atoms with Crippen molar-refractivity contribution in [1.29, 1.82) is 0 Å². The molecule has 0 unspecified atom stereocenters. The van der Waals surface area contributed by atoms with Gasteiger partial charge in [-0.1, -0.05) is 6.07 Å². The number of benzene rings is 2. The lowest BCUT2D eigenvalue weighted by Gasteiger charge is -2.11. The Morgan fingerprint density at radius 2 is 1.88 bits per heavy atom. The molecule has 0 aliphatic carbocycles. The van der Waals surface area contributed by atoms with E-state index in [0.29, 0.717) is 17.7 Å². The van der Waals surface area contributed by atoms with Crippen LogP contribution in [0, 0.1) is 10.1 Å². The highest BCUT2D eigenvalue weighted by Gasteiger charge is 2.16. The maximum absolute atomic E-state index is 12.4. The van der Waals surface area contributed by atoms with Crippen molar-refractivity contribution >= 4 is 23.8 Å². The third-order valence-electron chi connectivity index (χ3n) is 4.09. The minimum absolute atomic E-state index is 0.0334. The van der Waals surface area contributed by atoms with Crippen molar-refractivity contribution in [1.82, 2.24) is 10.4 Å². The van der Waals surface area contributed by atoms with Gasteiger partial charge in [-0.3, -0.25) is 19.9 Å². The van der Waals surface area contributed by atoms with Crippen LogP contribution in [-0.2, 0) is 0 Å². The third-order valence-corrected chi connectivity index (χ3v) is 4.09. The van der Waals surface area contributed by atoms with Gasteiger partial charge in [0.2, 0.25) is 0 Å². The summed E-state index contributed by atoms with van der Waals surface area (Å²) in [5, 5.41) is 14.8. The van der Waals surface area contributed by atoms with Crippen LogP contribution in [0.1, 0.15) is 33.2 Å². The Hall–Kier alpha value is -4.60. The number of hydrogen-bond donors (Lipinski definition) is 1. The molecular formula is C22H18N4O6. The number of hydrogen-bond acceptors (Lipinski definition) is 8. The standard InChI is InChI=1S/C22H18N4O6/c1-2-31-20-12-15(14-24-25-21(27)16-8-10-23-11-9-16)6-7-19(20)32-22(28)17-4-3-5-18(13-17)26(29)30/h3-14H,2H2,1H3,(H,25,27)/b24-14-. The lowest BCUT2D eigenvalue weighted by atomic mass is 10.2. The summed E-state index contributed by atoms with van der Waals surface area (Å²) >= 11 is 0. The molecule has 32 heavy (non-hydrogen) atoms. The molecule has 0 bridgehead atoms. The highest BCUT2D eigenvalue weighted by molar-refractivity contribution is 5.95. The molecule has 2 aromatic carbocycles. The van der Waals surface area contributed by atoms with Gasteiger partial charge in [-0.05, 0) is 48.9 Å². The maximum atomic E-state index is 12.4. The van der Waals surface area contributed by atoms with Gasteiger partial charge in [-0.2, -0.15) is 5.10 Å². The molecule has 3 rings (SSSR count). The summed E-state index contributed by atoms with van der Waals surface area (Å²) in [4.78, 5) is 38.6. The zero-order valence-electron chi connectivity index (χ0n) is 16.9. The summed E-state index contributed by atoms with van der Waals surface area (Å²) in [5.41, 5.74) is 3.21. The Morgan fingerprint density at radius 1 is 1.09 bits per heavy atom. The van der Waals surface area contributed by atoms with E-state index in [9.17, 15) is 19.7 Å². The van der Waals surface area contributed by atoms with E-state index >= 15 is 0 Å². The third kappa shape index (κ3) is 5.72. The Balaban J connectivity index is 1.72. The lowest BCUT2D eigenvalue weighted by molar-refractivity contribution is -0.384. The number of nitro groups is 1. The quantitative estimate of drug-likeness (QED) is 0.189. The Labute approximate surface area is 182 Å². The number of ether oxygens (including phenoxy) is 2. The van der Waals surface area contributed by atoms with Crippen LogP contribution in [0.3, 0.4) is 0 Å². The number of carbonyl (C=O) groups is 2. The topological polar surface area (TPSA) is 133 Å². The smallest absolute Gasteiger partial charge is 0.343 e. The van der Waals surface area contributed by atoms with Crippen LogP contribution >= 0.6 is 0 Å². The maximum Gasteiger partial charge on any atom is 0.343 e. The number of rotatable bonds is 8. The predicted molar refractivity (Wildman–Crippen MR) is 115 cm³/mol. The summed E-state index contributed by atoms with van der Waals surface area (Å²) in [6.07, 6.45) is 4.41. The monoisotopic (exact) mass is 434 g/mol. The van der Waals surface area contributed by atoms with E-state index in [2.05, 4.69) is 15.5 Å². The molecule has 0 aliphatic rings. The number of hydrazone groups is 1. The predicted octanol–water partition coefficient (Wildman–Crippen LogP) is 3.37. The molecule has 10 nitrogen and oxygen atoms in total. The van der Waals surface area contributed by atoms with Crippen LogP contribution < -0.4 is 14.9 Å². The molecular weight excluding hydrogens is 416 g/mol. The van der Waals surface area contributed by atoms with Crippen LogP contribution in [0.15, 0.2) is 72.1 Å². The van der Waals surface area contributed by atoms with Crippen molar-refractivity contribution in [2.75, 3.05) is 6.61 Å². The molecule has 3 aromatic rings. The molecule has 0 aliphatic heterocycles. The van der Waals surface area contributed by atoms with Crippen molar-refractivity contribution in [3.8, 4) is 11.5 Å². The first-order valence-electron chi connectivity index (χ1n) is 9.45.